The highest BCUT2D eigenvalue weighted by Crippen LogP contribution is 2.16. The Morgan fingerprint density at radius 3 is 0.196 bits per heavy atom. The van der Waals surface area contributed by atoms with E-state index in [0.717, 1.165) is 23.7 Å². The fourth-order valence-electron chi connectivity index (χ4n) is 3.43. The first kappa shape index (κ1) is 64.5. The van der Waals surface area contributed by atoms with Crippen LogP contribution in [-0.4, -0.2) is 0 Å². The zero-order valence-electron chi connectivity index (χ0n) is 37.9. The van der Waals surface area contributed by atoms with Crippen LogP contribution < -0.4 is 0 Å². The van der Waals surface area contributed by atoms with E-state index in [-0.39, 0.29) is 0 Å². The molecule has 0 unspecified atom stereocenters. The summed E-state index contributed by atoms with van der Waals surface area (Å²) in [7, 11) is 0. The Morgan fingerprint density at radius 2 is 0.174 bits per heavy atom. The van der Waals surface area contributed by atoms with E-state index in [1.807, 2.05) is 55.4 Å². The molecule has 0 aromatic heterocycles. The molecular formula is C46H108. The molecule has 4 fully saturated rings. The maximum absolute atomic E-state index is 2.17. The van der Waals surface area contributed by atoms with Gasteiger partial charge in [-0.3, -0.25) is 0 Å². The van der Waals surface area contributed by atoms with Crippen molar-refractivity contribution >= 4 is 0 Å². The molecule has 0 aliphatic heterocycles. The highest BCUT2D eigenvalue weighted by molar-refractivity contribution is 4.52. The third-order valence-corrected chi connectivity index (χ3v) is 5.50. The van der Waals surface area contributed by atoms with Crippen LogP contribution in [0.5, 0.6) is 0 Å². The Balaban J connectivity index is -0.0000000585. The van der Waals surface area contributed by atoms with Gasteiger partial charge in [0.1, 0.15) is 0 Å². The summed E-state index contributed by atoms with van der Waals surface area (Å²) in [6.07, 6.45) is 33.0. The zero-order valence-corrected chi connectivity index (χ0v) is 37.9. The maximum Gasteiger partial charge on any atom is -0.0500 e. The van der Waals surface area contributed by atoms with Crippen molar-refractivity contribution in [2.45, 2.75) is 280 Å². The Morgan fingerprint density at radius 1 is 0.152 bits per heavy atom. The normalized spacial score (nSPS) is 15.1. The molecule has 4 aliphatic rings. The fraction of sp³-hybridized carbons (Fsp3) is 1.00. The highest BCUT2D eigenvalue weighted by Gasteiger charge is 1.97. The van der Waals surface area contributed by atoms with Crippen molar-refractivity contribution in [1.29, 1.82) is 0 Å². The lowest BCUT2D eigenvalue weighted by atomic mass is 10.0. The molecule has 0 heteroatoms. The first-order chi connectivity index (χ1) is 21.9. The predicted octanol–water partition coefficient (Wildman–Crippen LogP) is 19.3. The van der Waals surface area contributed by atoms with Gasteiger partial charge in [0.15, 0.2) is 0 Å². The Kier molecular flexibility index (Phi) is 106. The second kappa shape index (κ2) is 75.4. The van der Waals surface area contributed by atoms with E-state index in [2.05, 4.69) is 83.1 Å². The van der Waals surface area contributed by atoms with Crippen LogP contribution in [0.3, 0.4) is 0 Å². The topological polar surface area (TPSA) is 0 Å². The number of hydrogen-bond donors (Lipinski definition) is 0. The van der Waals surface area contributed by atoms with E-state index in [4.69, 9.17) is 0 Å². The molecule has 0 radical (unpaired) electrons. The Labute approximate surface area is 302 Å². The molecule has 0 N–H and O–H groups in total. The van der Waals surface area contributed by atoms with Gasteiger partial charge in [0.05, 0.1) is 0 Å². The van der Waals surface area contributed by atoms with Gasteiger partial charge in [0.25, 0.3) is 0 Å². The van der Waals surface area contributed by atoms with Crippen molar-refractivity contribution < 1.29 is 0 Å². The van der Waals surface area contributed by atoms with Gasteiger partial charge in [-0.25, -0.2) is 0 Å². The summed E-state index contributed by atoms with van der Waals surface area (Å²) in [4.78, 5) is 0. The molecule has 0 saturated heterocycles. The molecular weight excluding hydrogens is 553 g/mol. The van der Waals surface area contributed by atoms with Crippen LogP contribution in [0.4, 0.5) is 0 Å². The molecule has 0 aromatic rings. The van der Waals surface area contributed by atoms with Crippen LogP contribution in [0, 0.1) is 23.7 Å². The lowest BCUT2D eigenvalue weighted by molar-refractivity contribution is 0.504. The van der Waals surface area contributed by atoms with Crippen LogP contribution >= 0.6 is 0 Å². The van der Waals surface area contributed by atoms with Crippen LogP contribution in [0.25, 0.3) is 0 Å². The van der Waals surface area contributed by atoms with Crippen molar-refractivity contribution in [1.82, 2.24) is 0 Å². The third-order valence-electron chi connectivity index (χ3n) is 5.50. The van der Waals surface area contributed by atoms with Crippen molar-refractivity contribution in [3.8, 4) is 0 Å². The summed E-state index contributed by atoms with van der Waals surface area (Å²) < 4.78 is 0. The molecule has 4 saturated carbocycles. The van der Waals surface area contributed by atoms with Gasteiger partial charge in [0, 0.05) is 0 Å². The molecule has 0 aromatic carbocycles. The van der Waals surface area contributed by atoms with Crippen LogP contribution in [0.2, 0.25) is 0 Å². The van der Waals surface area contributed by atoms with Crippen molar-refractivity contribution in [3.05, 3.63) is 0 Å². The minimum Gasteiger partial charge on any atom is -0.0683 e. The molecule has 0 bridgehead atoms. The molecule has 0 heterocycles. The lowest BCUT2D eigenvalue weighted by Gasteiger charge is -2.05. The average Bonchev–Trinajstić information content (AvgIpc) is 3.44. The van der Waals surface area contributed by atoms with Gasteiger partial charge >= 0.3 is 0 Å². The summed E-state index contributed by atoms with van der Waals surface area (Å²) in [6.45, 7) is 42.0. The first-order valence-corrected chi connectivity index (χ1v) is 21.9. The van der Waals surface area contributed by atoms with Gasteiger partial charge in [-0.05, 0) is 23.7 Å². The van der Waals surface area contributed by atoms with Crippen molar-refractivity contribution in [2.75, 3.05) is 0 Å². The molecule has 0 nitrogen and oxygen atoms in total. The quantitative estimate of drug-likeness (QED) is 0.227. The minimum absolute atomic E-state index is 0.833. The van der Waals surface area contributed by atoms with Crippen molar-refractivity contribution in [3.63, 3.8) is 0 Å². The zero-order chi connectivity index (χ0) is 37.9. The molecule has 0 amide bonds. The predicted molar refractivity (Wildman–Crippen MR) is 229 cm³/mol. The lowest BCUT2D eigenvalue weighted by Crippen LogP contribution is -1.85. The SMILES string of the molecule is C1CCC1.C1CCCC1.C1CCCCC1.C1CCCCCC1.CC.CC.CC.CC.CC(C)C.CC(C)C.CC(C)C.CC(C)C. The molecule has 0 spiro atoms. The minimum atomic E-state index is 0.833. The third kappa shape index (κ3) is 168. The average molecular weight is 661 g/mol. The number of rotatable bonds is 0. The Hall–Kier alpha value is 0. The first-order valence-electron chi connectivity index (χ1n) is 21.9. The largest absolute Gasteiger partial charge is 0.0683 e. The molecule has 46 heavy (non-hydrogen) atoms. The van der Waals surface area contributed by atoms with Gasteiger partial charge < -0.3 is 0 Å². The number of hydrogen-bond acceptors (Lipinski definition) is 0. The monoisotopic (exact) mass is 661 g/mol. The van der Waals surface area contributed by atoms with E-state index in [0.29, 0.717) is 0 Å². The van der Waals surface area contributed by atoms with Crippen LogP contribution in [0.1, 0.15) is 280 Å². The summed E-state index contributed by atoms with van der Waals surface area (Å²) >= 11 is 0. The highest BCUT2D eigenvalue weighted by atomic mass is 14.0. The van der Waals surface area contributed by atoms with Crippen molar-refractivity contribution in [2.24, 2.45) is 23.7 Å². The van der Waals surface area contributed by atoms with E-state index in [9.17, 15) is 0 Å². The molecule has 4 rings (SSSR count). The second-order valence-corrected chi connectivity index (χ2v) is 14.7. The standard InChI is InChI=1S/C7H14.C6H12.C5H10.C4H8.4C4H10.4C2H6/c1-2-4-6-7-5-3-1;1-2-4-6-5-3-1;1-2-4-5-3-1;1-2-4-3-1;4*1-4(2)3;4*1-2/h1-7H2;1-6H2;1-5H2;1-4H2;4*4H,1-3H3;4*1-2H3. The van der Waals surface area contributed by atoms with Gasteiger partial charge in [-0.15, -0.1) is 0 Å². The fourth-order valence-corrected chi connectivity index (χ4v) is 3.43. The van der Waals surface area contributed by atoms with E-state index < -0.39 is 0 Å². The smallest absolute Gasteiger partial charge is 0.0500 e. The molecule has 4 aliphatic carbocycles. The summed E-state index contributed by atoms with van der Waals surface area (Å²) in [5.41, 5.74) is 0. The summed E-state index contributed by atoms with van der Waals surface area (Å²) in [6, 6.07) is 0. The van der Waals surface area contributed by atoms with E-state index in [1.165, 1.54) is 141 Å². The van der Waals surface area contributed by atoms with E-state index >= 15 is 0 Å². The van der Waals surface area contributed by atoms with Crippen LogP contribution in [-0.2, 0) is 0 Å². The second-order valence-electron chi connectivity index (χ2n) is 14.7. The van der Waals surface area contributed by atoms with Gasteiger partial charge in [-0.1, -0.05) is 280 Å². The maximum atomic E-state index is 2.17. The molecule has 292 valence electrons. The summed E-state index contributed by atoms with van der Waals surface area (Å²) in [5, 5.41) is 0. The van der Waals surface area contributed by atoms with Gasteiger partial charge in [0.2, 0.25) is 0 Å². The summed E-state index contributed by atoms with van der Waals surface area (Å²) in [5.74, 6) is 3.33. The Bertz CT molecular complexity index is 248. The van der Waals surface area contributed by atoms with Crippen LogP contribution in [0.15, 0.2) is 0 Å². The molecule has 0 atom stereocenters. The van der Waals surface area contributed by atoms with E-state index in [1.54, 1.807) is 0 Å². The van der Waals surface area contributed by atoms with Gasteiger partial charge in [-0.2, -0.15) is 0 Å².